The van der Waals surface area contributed by atoms with Gasteiger partial charge in [0.25, 0.3) is 10.0 Å². The smallest absolute Gasteiger partial charge is 0.261 e. The van der Waals surface area contributed by atoms with Crippen LogP contribution < -0.4 is 4.72 Å². The van der Waals surface area contributed by atoms with Gasteiger partial charge in [-0.3, -0.25) is 4.72 Å². The highest BCUT2D eigenvalue weighted by atomic mass is 35.5. The molecule has 0 saturated carbocycles. The van der Waals surface area contributed by atoms with Crippen LogP contribution in [0.4, 0.5) is 5.69 Å². The third-order valence-electron chi connectivity index (χ3n) is 2.97. The van der Waals surface area contributed by atoms with Crippen LogP contribution in [0.25, 0.3) is 0 Å². The van der Waals surface area contributed by atoms with Gasteiger partial charge in [-0.2, -0.15) is 0 Å². The van der Waals surface area contributed by atoms with E-state index in [-0.39, 0.29) is 21.4 Å². The summed E-state index contributed by atoms with van der Waals surface area (Å²) in [6, 6.07) is 10.9. The number of sulfonamides is 1. The molecule has 0 bridgehead atoms. The van der Waals surface area contributed by atoms with Crippen molar-refractivity contribution in [2.75, 3.05) is 4.72 Å². The summed E-state index contributed by atoms with van der Waals surface area (Å²) in [6.07, 6.45) is 1.92. The number of benzene rings is 2. The largest absolute Gasteiger partial charge is 0.506 e. The molecule has 2 aromatic rings. The van der Waals surface area contributed by atoms with E-state index in [9.17, 15) is 13.5 Å². The Bertz CT molecular complexity index is 727. The van der Waals surface area contributed by atoms with Crippen molar-refractivity contribution in [2.45, 2.75) is 24.7 Å². The molecule has 0 radical (unpaired) electrons. The van der Waals surface area contributed by atoms with Crippen LogP contribution in [0.1, 0.15) is 18.9 Å². The van der Waals surface area contributed by atoms with Crippen molar-refractivity contribution in [3.05, 3.63) is 53.1 Å². The van der Waals surface area contributed by atoms with Gasteiger partial charge >= 0.3 is 0 Å². The SMILES string of the molecule is CCCc1ccc(S(=O)(=O)Nc2ccc(Cl)c(O)c2)cc1. The molecular formula is C15H16ClNO3S. The van der Waals surface area contributed by atoms with Crippen molar-refractivity contribution >= 4 is 27.3 Å². The molecule has 2 rings (SSSR count). The van der Waals surface area contributed by atoms with Crippen molar-refractivity contribution in [1.82, 2.24) is 0 Å². The molecule has 0 aliphatic heterocycles. The predicted molar refractivity (Wildman–Crippen MR) is 84.4 cm³/mol. The number of halogens is 1. The van der Waals surface area contributed by atoms with E-state index in [2.05, 4.69) is 11.6 Å². The van der Waals surface area contributed by atoms with Crippen molar-refractivity contribution in [3.63, 3.8) is 0 Å². The zero-order chi connectivity index (χ0) is 15.5. The van der Waals surface area contributed by atoms with Crippen LogP contribution in [0.3, 0.4) is 0 Å². The zero-order valence-corrected chi connectivity index (χ0v) is 13.1. The maximum atomic E-state index is 12.2. The molecule has 6 heteroatoms. The van der Waals surface area contributed by atoms with Gasteiger partial charge in [0.2, 0.25) is 0 Å². The highest BCUT2D eigenvalue weighted by Crippen LogP contribution is 2.27. The number of phenolic OH excluding ortho intramolecular Hbond substituents is 1. The van der Waals surface area contributed by atoms with Crippen LogP contribution in [0.15, 0.2) is 47.4 Å². The van der Waals surface area contributed by atoms with Gasteiger partial charge in [0.1, 0.15) is 5.75 Å². The topological polar surface area (TPSA) is 66.4 Å². The molecule has 0 fully saturated rings. The Labute approximate surface area is 129 Å². The normalized spacial score (nSPS) is 11.3. The lowest BCUT2D eigenvalue weighted by molar-refractivity contribution is 0.476. The lowest BCUT2D eigenvalue weighted by atomic mass is 10.1. The summed E-state index contributed by atoms with van der Waals surface area (Å²) < 4.78 is 26.9. The molecule has 0 aromatic heterocycles. The van der Waals surface area contributed by atoms with E-state index in [0.717, 1.165) is 18.4 Å². The number of nitrogens with one attached hydrogen (secondary N) is 1. The third kappa shape index (κ3) is 3.89. The van der Waals surface area contributed by atoms with Gasteiger partial charge in [-0.05, 0) is 36.2 Å². The van der Waals surface area contributed by atoms with Crippen molar-refractivity contribution in [2.24, 2.45) is 0 Å². The third-order valence-corrected chi connectivity index (χ3v) is 4.69. The molecule has 0 amide bonds. The summed E-state index contributed by atoms with van der Waals surface area (Å²) in [5, 5.41) is 9.66. The van der Waals surface area contributed by atoms with E-state index in [0.29, 0.717) is 0 Å². The van der Waals surface area contributed by atoms with E-state index in [4.69, 9.17) is 11.6 Å². The highest BCUT2D eigenvalue weighted by molar-refractivity contribution is 7.92. The molecule has 2 N–H and O–H groups in total. The van der Waals surface area contributed by atoms with Crippen molar-refractivity contribution in [1.29, 1.82) is 0 Å². The second-order valence-corrected chi connectivity index (χ2v) is 6.76. The summed E-state index contributed by atoms with van der Waals surface area (Å²) in [5.74, 6) is -0.171. The molecule has 0 spiro atoms. The van der Waals surface area contributed by atoms with E-state index >= 15 is 0 Å². The molecule has 21 heavy (non-hydrogen) atoms. The Morgan fingerprint density at radius 3 is 2.38 bits per heavy atom. The summed E-state index contributed by atoms with van der Waals surface area (Å²) in [5.41, 5.74) is 1.36. The quantitative estimate of drug-likeness (QED) is 0.878. The maximum Gasteiger partial charge on any atom is 0.261 e. The van der Waals surface area contributed by atoms with Crippen LogP contribution in [-0.2, 0) is 16.4 Å². The lowest BCUT2D eigenvalue weighted by Gasteiger charge is -2.09. The second-order valence-electron chi connectivity index (χ2n) is 4.67. The molecule has 0 unspecified atom stereocenters. The Morgan fingerprint density at radius 2 is 1.81 bits per heavy atom. The van der Waals surface area contributed by atoms with Crippen LogP contribution in [0, 0.1) is 0 Å². The minimum absolute atomic E-state index is 0.168. The van der Waals surface area contributed by atoms with E-state index in [1.54, 1.807) is 24.3 Å². The van der Waals surface area contributed by atoms with E-state index < -0.39 is 10.0 Å². The summed E-state index contributed by atoms with van der Waals surface area (Å²) in [6.45, 7) is 2.07. The molecule has 0 atom stereocenters. The first kappa shape index (κ1) is 15.7. The van der Waals surface area contributed by atoms with Gasteiger partial charge in [-0.1, -0.05) is 37.1 Å². The van der Waals surface area contributed by atoms with Gasteiger partial charge in [0.15, 0.2) is 0 Å². The average molecular weight is 326 g/mol. The van der Waals surface area contributed by atoms with Crippen LogP contribution in [-0.4, -0.2) is 13.5 Å². The molecule has 0 saturated heterocycles. The first-order valence-corrected chi connectivity index (χ1v) is 8.39. The monoisotopic (exact) mass is 325 g/mol. The summed E-state index contributed by atoms with van der Waals surface area (Å²) >= 11 is 5.69. The number of rotatable bonds is 5. The van der Waals surface area contributed by atoms with Gasteiger partial charge in [0, 0.05) is 6.07 Å². The Kier molecular flexibility index (Phi) is 4.75. The van der Waals surface area contributed by atoms with Crippen LogP contribution >= 0.6 is 11.6 Å². The van der Waals surface area contributed by atoms with Gasteiger partial charge in [-0.25, -0.2) is 8.42 Å². The minimum atomic E-state index is -3.68. The molecule has 112 valence electrons. The number of anilines is 1. The van der Waals surface area contributed by atoms with Gasteiger partial charge in [-0.15, -0.1) is 0 Å². The highest BCUT2D eigenvalue weighted by Gasteiger charge is 2.14. The fraction of sp³-hybridized carbons (Fsp3) is 0.200. The van der Waals surface area contributed by atoms with Crippen LogP contribution in [0.5, 0.6) is 5.75 Å². The zero-order valence-electron chi connectivity index (χ0n) is 11.5. The number of hydrogen-bond donors (Lipinski definition) is 2. The Balaban J connectivity index is 2.23. The first-order chi connectivity index (χ1) is 9.92. The summed E-state index contributed by atoms with van der Waals surface area (Å²) in [7, 11) is -3.68. The van der Waals surface area contributed by atoms with Gasteiger partial charge < -0.3 is 5.11 Å². The number of hydrogen-bond acceptors (Lipinski definition) is 3. The number of aryl methyl sites for hydroxylation is 1. The van der Waals surface area contributed by atoms with Crippen LogP contribution in [0.2, 0.25) is 5.02 Å². The molecule has 2 aromatic carbocycles. The first-order valence-electron chi connectivity index (χ1n) is 6.52. The van der Waals surface area contributed by atoms with E-state index in [1.165, 1.54) is 18.2 Å². The Morgan fingerprint density at radius 1 is 1.14 bits per heavy atom. The second kappa shape index (κ2) is 6.37. The predicted octanol–water partition coefficient (Wildman–Crippen LogP) is 3.80. The van der Waals surface area contributed by atoms with Gasteiger partial charge in [0.05, 0.1) is 15.6 Å². The van der Waals surface area contributed by atoms with Crippen molar-refractivity contribution < 1.29 is 13.5 Å². The fourth-order valence-electron chi connectivity index (χ4n) is 1.91. The number of phenols is 1. The number of aromatic hydroxyl groups is 1. The molecule has 0 aliphatic carbocycles. The average Bonchev–Trinajstić information content (AvgIpc) is 2.44. The molecule has 4 nitrogen and oxygen atoms in total. The van der Waals surface area contributed by atoms with Crippen molar-refractivity contribution in [3.8, 4) is 5.75 Å². The maximum absolute atomic E-state index is 12.2. The standard InChI is InChI=1S/C15H16ClNO3S/c1-2-3-11-4-7-13(8-5-11)21(19,20)17-12-6-9-14(16)15(18)10-12/h4-10,17-18H,2-3H2,1H3. The Hall–Kier alpha value is -1.72. The fourth-order valence-corrected chi connectivity index (χ4v) is 3.08. The molecule has 0 aliphatic rings. The minimum Gasteiger partial charge on any atom is -0.506 e. The molecular weight excluding hydrogens is 310 g/mol. The molecule has 0 heterocycles. The lowest BCUT2D eigenvalue weighted by Crippen LogP contribution is -2.12. The van der Waals surface area contributed by atoms with E-state index in [1.807, 2.05) is 0 Å². The summed E-state index contributed by atoms with van der Waals surface area (Å²) in [4.78, 5) is 0.178.